The van der Waals surface area contributed by atoms with Crippen LogP contribution in [0.2, 0.25) is 0 Å². The number of carbonyl (C=O) groups is 2. The van der Waals surface area contributed by atoms with E-state index in [1.165, 1.54) is 16.8 Å². The van der Waals surface area contributed by atoms with E-state index in [1.807, 2.05) is 61.5 Å². The Kier molecular flexibility index (Phi) is 5.95. The highest BCUT2D eigenvalue weighted by atomic mass is 19.1. The lowest BCUT2D eigenvalue weighted by Gasteiger charge is -2.18. The summed E-state index contributed by atoms with van der Waals surface area (Å²) < 4.78 is 14.7. The Morgan fingerprint density at radius 3 is 2.46 bits per heavy atom. The molecule has 2 aromatic heterocycles. The maximum atomic E-state index is 13.3. The standard InChI is InChI=1S/C31H26FN5O2/c1-19-7-10-21(30(39)35-31(13-14-31)23-5-3-2-4-6-23)16-25(19)22-17-27-28(29(33)38)26(36-37(27)34-18-22)15-20-8-11-24(32)12-9-20/h2-12,16-18H,13-15H2,1H3,(H2,33,38)(H,35,39). The number of halogens is 1. The molecule has 6 rings (SSSR count). The molecule has 39 heavy (non-hydrogen) atoms. The highest BCUT2D eigenvalue weighted by Gasteiger charge is 2.45. The molecule has 0 saturated heterocycles. The average molecular weight is 520 g/mol. The minimum atomic E-state index is -0.624. The van der Waals surface area contributed by atoms with Crippen LogP contribution in [0.5, 0.6) is 0 Å². The molecule has 0 unspecified atom stereocenters. The highest BCUT2D eigenvalue weighted by Crippen LogP contribution is 2.45. The maximum Gasteiger partial charge on any atom is 0.252 e. The second-order valence-electron chi connectivity index (χ2n) is 10.0. The quantitative estimate of drug-likeness (QED) is 0.318. The summed E-state index contributed by atoms with van der Waals surface area (Å²) in [4.78, 5) is 25.8. The molecular formula is C31H26FN5O2. The molecule has 1 fully saturated rings. The summed E-state index contributed by atoms with van der Waals surface area (Å²) in [7, 11) is 0. The minimum Gasteiger partial charge on any atom is -0.365 e. The van der Waals surface area contributed by atoms with Gasteiger partial charge in [0.2, 0.25) is 0 Å². The molecular weight excluding hydrogens is 493 g/mol. The SMILES string of the molecule is Cc1ccc(C(=O)NC2(c3ccccc3)CC2)cc1-c1cnn2nc(Cc3ccc(F)cc3)c(C(N)=O)c2c1. The zero-order valence-corrected chi connectivity index (χ0v) is 21.3. The Bertz CT molecular complexity index is 1720. The second kappa shape index (κ2) is 9.47. The van der Waals surface area contributed by atoms with Crippen molar-refractivity contribution in [3.05, 3.63) is 124 Å². The monoisotopic (exact) mass is 519 g/mol. The van der Waals surface area contributed by atoms with Gasteiger partial charge in [-0.1, -0.05) is 48.5 Å². The molecule has 2 heterocycles. The Morgan fingerprint density at radius 1 is 1.03 bits per heavy atom. The van der Waals surface area contributed by atoms with E-state index >= 15 is 0 Å². The second-order valence-corrected chi connectivity index (χ2v) is 10.0. The highest BCUT2D eigenvalue weighted by molar-refractivity contribution is 6.02. The van der Waals surface area contributed by atoms with Gasteiger partial charge in [-0.2, -0.15) is 14.8 Å². The number of primary amides is 1. The molecule has 1 aliphatic rings. The number of hydrogen-bond donors (Lipinski definition) is 2. The summed E-state index contributed by atoms with van der Waals surface area (Å²) in [5.74, 6) is -1.11. The Hall–Kier alpha value is -4.85. The number of nitrogens with one attached hydrogen (secondary N) is 1. The molecule has 194 valence electrons. The predicted octanol–water partition coefficient (Wildman–Crippen LogP) is 4.95. The van der Waals surface area contributed by atoms with Gasteiger partial charge in [-0.25, -0.2) is 4.39 Å². The fourth-order valence-corrected chi connectivity index (χ4v) is 5.05. The first-order valence-corrected chi connectivity index (χ1v) is 12.7. The van der Waals surface area contributed by atoms with Crippen LogP contribution in [0, 0.1) is 12.7 Å². The number of nitrogens with two attached hydrogens (primary N) is 1. The van der Waals surface area contributed by atoms with Gasteiger partial charge in [-0.05, 0) is 72.4 Å². The van der Waals surface area contributed by atoms with E-state index in [1.54, 1.807) is 18.3 Å². The Balaban J connectivity index is 1.34. The first-order valence-electron chi connectivity index (χ1n) is 12.7. The van der Waals surface area contributed by atoms with Gasteiger partial charge in [0, 0.05) is 17.5 Å². The van der Waals surface area contributed by atoms with Crippen LogP contribution in [0.1, 0.15) is 55.9 Å². The lowest BCUT2D eigenvalue weighted by molar-refractivity contribution is 0.0930. The van der Waals surface area contributed by atoms with Gasteiger partial charge >= 0.3 is 0 Å². The zero-order chi connectivity index (χ0) is 27.1. The molecule has 0 spiro atoms. The lowest BCUT2D eigenvalue weighted by atomic mass is 9.97. The number of benzene rings is 3. The Morgan fingerprint density at radius 2 is 1.77 bits per heavy atom. The van der Waals surface area contributed by atoms with Gasteiger partial charge < -0.3 is 11.1 Å². The van der Waals surface area contributed by atoms with Gasteiger partial charge in [0.25, 0.3) is 11.8 Å². The molecule has 5 aromatic rings. The number of aromatic nitrogens is 3. The largest absolute Gasteiger partial charge is 0.365 e. The minimum absolute atomic E-state index is 0.143. The van der Waals surface area contributed by atoms with E-state index in [4.69, 9.17) is 5.73 Å². The molecule has 2 amide bonds. The molecule has 0 bridgehead atoms. The van der Waals surface area contributed by atoms with Crippen LogP contribution in [0.25, 0.3) is 16.6 Å². The average Bonchev–Trinajstić information content (AvgIpc) is 3.62. The van der Waals surface area contributed by atoms with Crippen molar-refractivity contribution < 1.29 is 14.0 Å². The molecule has 0 aliphatic heterocycles. The zero-order valence-electron chi connectivity index (χ0n) is 21.3. The maximum absolute atomic E-state index is 13.3. The fourth-order valence-electron chi connectivity index (χ4n) is 5.05. The molecule has 3 aromatic carbocycles. The van der Waals surface area contributed by atoms with Crippen LogP contribution in [-0.4, -0.2) is 26.6 Å². The molecule has 0 radical (unpaired) electrons. The van der Waals surface area contributed by atoms with Crippen molar-refractivity contribution in [3.63, 3.8) is 0 Å². The molecule has 8 heteroatoms. The van der Waals surface area contributed by atoms with E-state index in [0.717, 1.165) is 40.7 Å². The van der Waals surface area contributed by atoms with Crippen molar-refractivity contribution in [2.45, 2.75) is 31.7 Å². The van der Waals surface area contributed by atoms with Gasteiger partial charge in [-0.3, -0.25) is 9.59 Å². The molecule has 7 nitrogen and oxygen atoms in total. The number of nitrogens with zero attached hydrogens (tertiary/aromatic N) is 3. The van der Waals surface area contributed by atoms with Crippen LogP contribution >= 0.6 is 0 Å². The van der Waals surface area contributed by atoms with Crippen molar-refractivity contribution in [1.82, 2.24) is 20.1 Å². The number of rotatable bonds is 7. The predicted molar refractivity (Wildman–Crippen MR) is 146 cm³/mol. The van der Waals surface area contributed by atoms with Crippen LogP contribution in [0.15, 0.2) is 85.1 Å². The number of carbonyl (C=O) groups excluding carboxylic acids is 2. The molecule has 1 saturated carbocycles. The first-order chi connectivity index (χ1) is 18.8. The number of amides is 2. The van der Waals surface area contributed by atoms with Crippen LogP contribution < -0.4 is 11.1 Å². The molecule has 0 atom stereocenters. The van der Waals surface area contributed by atoms with E-state index in [0.29, 0.717) is 23.2 Å². The normalized spacial score (nSPS) is 13.8. The lowest BCUT2D eigenvalue weighted by Crippen LogP contribution is -2.34. The summed E-state index contributed by atoms with van der Waals surface area (Å²) in [6, 6.07) is 23.4. The third kappa shape index (κ3) is 4.65. The third-order valence-corrected chi connectivity index (χ3v) is 7.35. The molecule has 3 N–H and O–H groups in total. The van der Waals surface area contributed by atoms with E-state index in [-0.39, 0.29) is 22.8 Å². The van der Waals surface area contributed by atoms with Crippen molar-refractivity contribution in [2.75, 3.05) is 0 Å². The number of hydrogen-bond acceptors (Lipinski definition) is 4. The van der Waals surface area contributed by atoms with E-state index in [2.05, 4.69) is 15.5 Å². The summed E-state index contributed by atoms with van der Waals surface area (Å²) in [6.45, 7) is 1.96. The van der Waals surface area contributed by atoms with Gasteiger partial charge in [0.05, 0.1) is 23.0 Å². The van der Waals surface area contributed by atoms with Crippen molar-refractivity contribution in [1.29, 1.82) is 0 Å². The van der Waals surface area contributed by atoms with Gasteiger partial charge in [0.1, 0.15) is 11.3 Å². The number of fused-ring (bicyclic) bond motifs is 1. The van der Waals surface area contributed by atoms with Crippen molar-refractivity contribution in [2.24, 2.45) is 5.73 Å². The van der Waals surface area contributed by atoms with Crippen LogP contribution in [0.4, 0.5) is 4.39 Å². The summed E-state index contributed by atoms with van der Waals surface area (Å²) >= 11 is 0. The smallest absolute Gasteiger partial charge is 0.252 e. The van der Waals surface area contributed by atoms with Gasteiger partial charge in [-0.15, -0.1) is 0 Å². The Labute approximate surface area is 224 Å². The molecule has 1 aliphatic carbocycles. The fraction of sp³-hybridized carbons (Fsp3) is 0.161. The summed E-state index contributed by atoms with van der Waals surface area (Å²) in [6.07, 6.45) is 3.76. The van der Waals surface area contributed by atoms with Crippen molar-refractivity contribution >= 4 is 17.3 Å². The van der Waals surface area contributed by atoms with E-state index in [9.17, 15) is 14.0 Å². The number of aryl methyl sites for hydroxylation is 1. The van der Waals surface area contributed by atoms with E-state index < -0.39 is 5.91 Å². The summed E-state index contributed by atoms with van der Waals surface area (Å²) in [5.41, 5.74) is 11.6. The first kappa shape index (κ1) is 24.5. The topological polar surface area (TPSA) is 102 Å². The van der Waals surface area contributed by atoms with Crippen LogP contribution in [0.3, 0.4) is 0 Å². The summed E-state index contributed by atoms with van der Waals surface area (Å²) in [5, 5.41) is 12.1. The van der Waals surface area contributed by atoms with Crippen LogP contribution in [-0.2, 0) is 12.0 Å². The van der Waals surface area contributed by atoms with Crippen molar-refractivity contribution in [3.8, 4) is 11.1 Å². The van der Waals surface area contributed by atoms with Gasteiger partial charge in [0.15, 0.2) is 0 Å². The third-order valence-electron chi connectivity index (χ3n) is 7.35.